The molecule has 2 atom stereocenters. The number of nitrogens with zero attached hydrogens (tertiary/aromatic N) is 3. The van der Waals surface area contributed by atoms with Crippen molar-refractivity contribution in [3.8, 4) is 0 Å². The van der Waals surface area contributed by atoms with Crippen LogP contribution in [0.1, 0.15) is 17.7 Å². The normalized spacial score (nSPS) is 25.0. The fourth-order valence-electron chi connectivity index (χ4n) is 3.61. The molecule has 0 amide bonds. The molecule has 2 aliphatic heterocycles. The van der Waals surface area contributed by atoms with Gasteiger partial charge in [-0.05, 0) is 30.4 Å². The maximum absolute atomic E-state index is 10.6. The number of hydrogen-bond donors (Lipinski definition) is 1. The maximum Gasteiger partial charge on any atom is 0.490 e. The van der Waals surface area contributed by atoms with Crippen LogP contribution in [0.25, 0.3) is 0 Å². The molecule has 2 aliphatic rings. The summed E-state index contributed by atoms with van der Waals surface area (Å²) in [5.41, 5.74) is -0.147. The molecule has 1 spiro atoms. The van der Waals surface area contributed by atoms with Crippen molar-refractivity contribution in [1.82, 2.24) is 14.7 Å². The third kappa shape index (κ3) is 6.53. The van der Waals surface area contributed by atoms with Crippen molar-refractivity contribution < 1.29 is 32.5 Å². The summed E-state index contributed by atoms with van der Waals surface area (Å²) < 4.78 is 46.0. The Morgan fingerprint density at radius 1 is 1.40 bits per heavy atom. The number of aliphatic carboxylic acids is 1. The zero-order valence-corrected chi connectivity index (χ0v) is 17.1. The van der Waals surface area contributed by atoms with Crippen LogP contribution >= 0.6 is 11.3 Å². The number of alkyl halides is 3. The van der Waals surface area contributed by atoms with Crippen LogP contribution in [-0.4, -0.2) is 69.9 Å². The van der Waals surface area contributed by atoms with E-state index in [1.165, 1.54) is 4.88 Å². The molecule has 4 rings (SSSR count). The van der Waals surface area contributed by atoms with Crippen LogP contribution in [0.4, 0.5) is 13.2 Å². The van der Waals surface area contributed by atoms with E-state index >= 15 is 0 Å². The van der Waals surface area contributed by atoms with Crippen molar-refractivity contribution in [3.63, 3.8) is 0 Å². The lowest BCUT2D eigenvalue weighted by Gasteiger charge is -2.31. The first-order chi connectivity index (χ1) is 14.3. The van der Waals surface area contributed by atoms with Crippen LogP contribution in [0.3, 0.4) is 0 Å². The molecule has 0 radical (unpaired) electrons. The van der Waals surface area contributed by atoms with Gasteiger partial charge in [0.05, 0.1) is 25.9 Å². The van der Waals surface area contributed by atoms with Gasteiger partial charge in [-0.3, -0.25) is 9.58 Å². The molecule has 1 N–H and O–H groups in total. The van der Waals surface area contributed by atoms with E-state index in [-0.39, 0.29) is 11.7 Å². The Balaban J connectivity index is 0.000000318. The van der Waals surface area contributed by atoms with E-state index in [0.717, 1.165) is 45.6 Å². The van der Waals surface area contributed by atoms with Gasteiger partial charge in [0.1, 0.15) is 5.60 Å². The summed E-state index contributed by atoms with van der Waals surface area (Å²) in [6, 6.07) is 6.29. The molecule has 2 aromatic rings. The first kappa shape index (κ1) is 22.7. The van der Waals surface area contributed by atoms with Gasteiger partial charge in [0, 0.05) is 36.9 Å². The van der Waals surface area contributed by atoms with E-state index in [1.54, 1.807) is 0 Å². The number of carbonyl (C=O) groups is 1. The summed E-state index contributed by atoms with van der Waals surface area (Å²) in [5, 5.41) is 13.6. The van der Waals surface area contributed by atoms with Crippen LogP contribution in [0.5, 0.6) is 0 Å². The fraction of sp³-hybridized carbons (Fsp3) is 0.579. The highest BCUT2D eigenvalue weighted by Crippen LogP contribution is 2.34. The number of carboxylic acid groups (broad SMARTS) is 1. The largest absolute Gasteiger partial charge is 0.490 e. The molecule has 4 heterocycles. The topological polar surface area (TPSA) is 76.8 Å². The second-order valence-corrected chi connectivity index (χ2v) is 8.37. The maximum atomic E-state index is 10.6. The van der Waals surface area contributed by atoms with Crippen LogP contribution in [-0.2, 0) is 27.4 Å². The zero-order chi connectivity index (χ0) is 21.6. The van der Waals surface area contributed by atoms with Gasteiger partial charge in [-0.1, -0.05) is 6.07 Å². The number of halogens is 3. The Hall–Kier alpha value is -1.95. The Morgan fingerprint density at radius 2 is 2.20 bits per heavy atom. The van der Waals surface area contributed by atoms with E-state index in [0.29, 0.717) is 6.61 Å². The van der Waals surface area contributed by atoms with Crippen LogP contribution < -0.4 is 0 Å². The second kappa shape index (κ2) is 9.90. The zero-order valence-electron chi connectivity index (χ0n) is 16.3. The van der Waals surface area contributed by atoms with Crippen LogP contribution in [0.2, 0.25) is 0 Å². The average Bonchev–Trinajstić information content (AvgIpc) is 3.40. The molecule has 2 aromatic heterocycles. The molecule has 2 fully saturated rings. The van der Waals surface area contributed by atoms with E-state index < -0.39 is 12.1 Å². The van der Waals surface area contributed by atoms with Crippen molar-refractivity contribution >= 4 is 17.3 Å². The standard InChI is InChI=1S/C17H23N3O2S.C2HF3O2/c1-3-16(23-10-1)12-19-8-9-21-14-17(13-19)5-4-15(22-17)11-20-7-2-6-18-20;3-2(4,5)1(6)7/h1-3,6-7,10,15H,4-5,8-9,11-14H2;(H,6,7). The minimum atomic E-state index is -5.08. The molecule has 2 unspecified atom stereocenters. The predicted molar refractivity (Wildman–Crippen MR) is 103 cm³/mol. The lowest BCUT2D eigenvalue weighted by Crippen LogP contribution is -2.44. The Bertz CT molecular complexity index is 786. The van der Waals surface area contributed by atoms with Gasteiger partial charge in [-0.15, -0.1) is 11.3 Å². The van der Waals surface area contributed by atoms with E-state index in [1.807, 2.05) is 34.5 Å². The minimum Gasteiger partial charge on any atom is -0.475 e. The van der Waals surface area contributed by atoms with Gasteiger partial charge in [0.25, 0.3) is 0 Å². The summed E-state index contributed by atoms with van der Waals surface area (Å²) in [5.74, 6) is -2.76. The first-order valence-corrected chi connectivity index (χ1v) is 10.4. The molecular weight excluding hydrogens is 423 g/mol. The number of hydrogen-bond acceptors (Lipinski definition) is 6. The quantitative estimate of drug-likeness (QED) is 0.777. The van der Waals surface area contributed by atoms with E-state index in [2.05, 4.69) is 27.5 Å². The van der Waals surface area contributed by atoms with E-state index in [9.17, 15) is 13.2 Å². The summed E-state index contributed by atoms with van der Waals surface area (Å²) in [6.45, 7) is 5.27. The molecule has 0 bridgehead atoms. The van der Waals surface area contributed by atoms with Crippen molar-refractivity contribution in [2.75, 3.05) is 26.3 Å². The number of thiophene rings is 1. The minimum absolute atomic E-state index is 0.147. The molecule has 166 valence electrons. The summed E-state index contributed by atoms with van der Waals surface area (Å²) in [4.78, 5) is 12.8. The molecule has 2 saturated heterocycles. The Morgan fingerprint density at radius 3 is 2.83 bits per heavy atom. The lowest BCUT2D eigenvalue weighted by molar-refractivity contribution is -0.192. The number of rotatable bonds is 4. The highest BCUT2D eigenvalue weighted by Gasteiger charge is 2.43. The third-order valence-corrected chi connectivity index (χ3v) is 5.78. The smallest absolute Gasteiger partial charge is 0.475 e. The number of ether oxygens (including phenoxy) is 2. The fourth-order valence-corrected chi connectivity index (χ4v) is 4.35. The monoisotopic (exact) mass is 447 g/mol. The molecule has 0 saturated carbocycles. The molecular formula is C19H24F3N3O4S. The summed E-state index contributed by atoms with van der Waals surface area (Å²) in [6.07, 6.45) is 1.12. The third-order valence-electron chi connectivity index (χ3n) is 4.92. The Kier molecular flexibility index (Phi) is 7.50. The van der Waals surface area contributed by atoms with Gasteiger partial charge in [-0.25, -0.2) is 4.79 Å². The lowest BCUT2D eigenvalue weighted by atomic mass is 10.00. The van der Waals surface area contributed by atoms with Gasteiger partial charge in [-0.2, -0.15) is 18.3 Å². The van der Waals surface area contributed by atoms with Crippen molar-refractivity contribution in [2.24, 2.45) is 0 Å². The van der Waals surface area contributed by atoms with Crippen molar-refractivity contribution in [2.45, 2.75) is 43.8 Å². The highest BCUT2D eigenvalue weighted by molar-refractivity contribution is 7.09. The van der Waals surface area contributed by atoms with Crippen LogP contribution in [0.15, 0.2) is 36.0 Å². The van der Waals surface area contributed by atoms with Crippen molar-refractivity contribution in [1.29, 1.82) is 0 Å². The summed E-state index contributed by atoms with van der Waals surface area (Å²) in [7, 11) is 0. The van der Waals surface area contributed by atoms with Crippen molar-refractivity contribution in [3.05, 3.63) is 40.8 Å². The SMILES string of the molecule is O=C(O)C(F)(F)F.c1csc(CN2CCOCC3(CCC(Cn4cccn4)O3)C2)c1. The second-order valence-electron chi connectivity index (χ2n) is 7.34. The average molecular weight is 447 g/mol. The van der Waals surface area contributed by atoms with Gasteiger partial charge < -0.3 is 14.6 Å². The van der Waals surface area contributed by atoms with Crippen LogP contribution in [0, 0.1) is 0 Å². The summed E-state index contributed by atoms with van der Waals surface area (Å²) >= 11 is 1.82. The molecule has 7 nitrogen and oxygen atoms in total. The van der Waals surface area contributed by atoms with Gasteiger partial charge in [0.15, 0.2) is 0 Å². The predicted octanol–water partition coefficient (Wildman–Crippen LogP) is 3.03. The van der Waals surface area contributed by atoms with E-state index in [4.69, 9.17) is 19.4 Å². The number of aromatic nitrogens is 2. The molecule has 0 aromatic carbocycles. The van der Waals surface area contributed by atoms with Gasteiger partial charge in [0.2, 0.25) is 0 Å². The molecule has 30 heavy (non-hydrogen) atoms. The Labute approximate surface area is 176 Å². The highest BCUT2D eigenvalue weighted by atomic mass is 32.1. The number of carboxylic acids is 1. The molecule has 0 aliphatic carbocycles. The van der Waals surface area contributed by atoms with Gasteiger partial charge >= 0.3 is 12.1 Å². The molecule has 11 heteroatoms. The first-order valence-electron chi connectivity index (χ1n) is 9.54.